The van der Waals surface area contributed by atoms with Gasteiger partial charge in [0.25, 0.3) is 5.91 Å². The van der Waals surface area contributed by atoms with Crippen LogP contribution < -0.4 is 10.1 Å². The second kappa shape index (κ2) is 8.70. The van der Waals surface area contributed by atoms with E-state index in [1.54, 1.807) is 6.07 Å². The summed E-state index contributed by atoms with van der Waals surface area (Å²) in [5.41, 5.74) is 2.62. The summed E-state index contributed by atoms with van der Waals surface area (Å²) in [4.78, 5) is 12.8. The van der Waals surface area contributed by atoms with Crippen molar-refractivity contribution in [3.63, 3.8) is 0 Å². The third kappa shape index (κ3) is 4.28. The molecule has 1 atom stereocenters. The van der Waals surface area contributed by atoms with E-state index in [1.165, 1.54) is 0 Å². The smallest absolute Gasteiger partial charge is 0.258 e. The maximum absolute atomic E-state index is 12.8. The van der Waals surface area contributed by atoms with Gasteiger partial charge in [0.15, 0.2) is 6.61 Å². The number of aromatic hydroxyl groups is 1. The Hall–Kier alpha value is -3.79. The Morgan fingerprint density at radius 2 is 1.70 bits per heavy atom. The first kappa shape index (κ1) is 19.5. The molecule has 0 heterocycles. The molecule has 0 unspecified atom stereocenters. The van der Waals surface area contributed by atoms with E-state index in [2.05, 4.69) is 5.32 Å². The van der Waals surface area contributed by atoms with E-state index < -0.39 is 6.04 Å². The Bertz CT molecular complexity index is 1170. The van der Waals surface area contributed by atoms with Gasteiger partial charge in [-0.2, -0.15) is 0 Å². The van der Waals surface area contributed by atoms with Crippen molar-refractivity contribution in [1.29, 1.82) is 0 Å². The van der Waals surface area contributed by atoms with Crippen molar-refractivity contribution in [2.75, 3.05) is 6.61 Å². The van der Waals surface area contributed by atoms with Crippen LogP contribution in [-0.2, 0) is 4.79 Å². The third-order valence-corrected chi connectivity index (χ3v) is 5.03. The van der Waals surface area contributed by atoms with E-state index in [0.29, 0.717) is 11.3 Å². The molecular formula is C26H23NO3. The molecule has 1 amide bonds. The first-order valence-electron chi connectivity index (χ1n) is 9.86. The van der Waals surface area contributed by atoms with Gasteiger partial charge in [0.2, 0.25) is 0 Å². The average Bonchev–Trinajstić information content (AvgIpc) is 2.77. The van der Waals surface area contributed by atoms with Crippen molar-refractivity contribution in [3.05, 3.63) is 108 Å². The van der Waals surface area contributed by atoms with Gasteiger partial charge < -0.3 is 15.2 Å². The lowest BCUT2D eigenvalue weighted by molar-refractivity contribution is -0.123. The fourth-order valence-electron chi connectivity index (χ4n) is 3.61. The highest BCUT2D eigenvalue weighted by Crippen LogP contribution is 2.35. The third-order valence-electron chi connectivity index (χ3n) is 5.03. The number of phenols is 1. The number of rotatable bonds is 6. The SMILES string of the molecule is Cc1cccc(OCC(=O)N[C@@H](c2ccccc2)c2c(O)ccc3ccccc23)c1. The predicted molar refractivity (Wildman–Crippen MR) is 119 cm³/mol. The van der Waals surface area contributed by atoms with Crippen molar-refractivity contribution in [2.45, 2.75) is 13.0 Å². The molecule has 0 fully saturated rings. The van der Waals surface area contributed by atoms with Gasteiger partial charge in [-0.25, -0.2) is 0 Å². The zero-order valence-electron chi connectivity index (χ0n) is 16.7. The molecule has 0 aliphatic heterocycles. The number of hydrogen-bond acceptors (Lipinski definition) is 3. The fraction of sp³-hybridized carbons (Fsp3) is 0.115. The lowest BCUT2D eigenvalue weighted by Gasteiger charge is -2.22. The van der Waals surface area contributed by atoms with Crippen molar-refractivity contribution in [1.82, 2.24) is 5.32 Å². The summed E-state index contributed by atoms with van der Waals surface area (Å²) in [6, 6.07) is 28.1. The van der Waals surface area contributed by atoms with Gasteiger partial charge in [0, 0.05) is 5.56 Å². The van der Waals surface area contributed by atoms with E-state index in [9.17, 15) is 9.90 Å². The summed E-state index contributed by atoms with van der Waals surface area (Å²) < 4.78 is 5.66. The maximum atomic E-state index is 12.8. The predicted octanol–water partition coefficient (Wildman–Crippen LogP) is 5.14. The minimum atomic E-state index is -0.508. The van der Waals surface area contributed by atoms with Crippen LogP contribution in [0.5, 0.6) is 11.5 Å². The zero-order valence-corrected chi connectivity index (χ0v) is 16.7. The molecular weight excluding hydrogens is 374 g/mol. The average molecular weight is 397 g/mol. The highest BCUT2D eigenvalue weighted by Gasteiger charge is 2.22. The van der Waals surface area contributed by atoms with Gasteiger partial charge >= 0.3 is 0 Å². The molecule has 2 N–H and O–H groups in total. The summed E-state index contributed by atoms with van der Waals surface area (Å²) >= 11 is 0. The van der Waals surface area contributed by atoms with Crippen LogP contribution in [0.4, 0.5) is 0 Å². The molecule has 150 valence electrons. The van der Waals surface area contributed by atoms with E-state index in [0.717, 1.165) is 21.9 Å². The quantitative estimate of drug-likeness (QED) is 0.474. The number of hydrogen-bond donors (Lipinski definition) is 2. The summed E-state index contributed by atoms with van der Waals surface area (Å²) in [7, 11) is 0. The van der Waals surface area contributed by atoms with Gasteiger partial charge in [0.1, 0.15) is 11.5 Å². The van der Waals surface area contributed by atoms with Crippen LogP contribution >= 0.6 is 0 Å². The number of nitrogens with one attached hydrogen (secondary N) is 1. The normalized spacial score (nSPS) is 11.8. The number of carbonyl (C=O) groups is 1. The molecule has 4 nitrogen and oxygen atoms in total. The summed E-state index contributed by atoms with van der Waals surface area (Å²) in [5, 5.41) is 15.6. The number of aryl methyl sites for hydroxylation is 1. The van der Waals surface area contributed by atoms with E-state index >= 15 is 0 Å². The van der Waals surface area contributed by atoms with Crippen LogP contribution in [0, 0.1) is 6.92 Å². The van der Waals surface area contributed by atoms with Crippen LogP contribution in [-0.4, -0.2) is 17.6 Å². The zero-order chi connectivity index (χ0) is 20.9. The first-order valence-corrected chi connectivity index (χ1v) is 9.86. The second-order valence-corrected chi connectivity index (χ2v) is 7.24. The molecule has 4 rings (SSSR count). The Kier molecular flexibility index (Phi) is 5.66. The number of benzene rings is 4. The largest absolute Gasteiger partial charge is 0.508 e. The lowest BCUT2D eigenvalue weighted by Crippen LogP contribution is -2.33. The monoisotopic (exact) mass is 397 g/mol. The second-order valence-electron chi connectivity index (χ2n) is 7.24. The molecule has 0 saturated heterocycles. The molecule has 0 aliphatic carbocycles. The van der Waals surface area contributed by atoms with E-state index in [-0.39, 0.29) is 18.3 Å². The Morgan fingerprint density at radius 3 is 2.50 bits per heavy atom. The summed E-state index contributed by atoms with van der Waals surface area (Å²) in [5.74, 6) is 0.523. The number of ether oxygens (including phenoxy) is 1. The molecule has 0 aromatic heterocycles. The minimum absolute atomic E-state index is 0.113. The summed E-state index contributed by atoms with van der Waals surface area (Å²) in [6.45, 7) is 1.86. The minimum Gasteiger partial charge on any atom is -0.508 e. The molecule has 0 spiro atoms. The van der Waals surface area contributed by atoms with Crippen LogP contribution in [0.1, 0.15) is 22.7 Å². The van der Waals surface area contributed by atoms with Crippen molar-refractivity contribution in [3.8, 4) is 11.5 Å². The number of fused-ring (bicyclic) bond motifs is 1. The maximum Gasteiger partial charge on any atom is 0.258 e. The number of amides is 1. The Balaban J connectivity index is 1.65. The van der Waals surface area contributed by atoms with E-state index in [1.807, 2.05) is 91.9 Å². The van der Waals surface area contributed by atoms with Gasteiger partial charge in [-0.3, -0.25) is 4.79 Å². The van der Waals surface area contributed by atoms with Gasteiger partial charge in [0.05, 0.1) is 6.04 Å². The van der Waals surface area contributed by atoms with Gasteiger partial charge in [-0.05, 0) is 47.0 Å². The van der Waals surface area contributed by atoms with Gasteiger partial charge in [-0.15, -0.1) is 0 Å². The highest BCUT2D eigenvalue weighted by molar-refractivity contribution is 5.89. The molecule has 0 bridgehead atoms. The summed E-state index contributed by atoms with van der Waals surface area (Å²) in [6.07, 6.45) is 0. The van der Waals surface area contributed by atoms with Gasteiger partial charge in [-0.1, -0.05) is 72.8 Å². The fourth-order valence-corrected chi connectivity index (χ4v) is 3.61. The van der Waals surface area contributed by atoms with Crippen LogP contribution in [0.15, 0.2) is 91.0 Å². The van der Waals surface area contributed by atoms with Crippen molar-refractivity contribution in [2.24, 2.45) is 0 Å². The standard InChI is InChI=1S/C26H23NO3/c1-18-8-7-12-21(16-18)30-17-24(29)27-26(20-10-3-2-4-11-20)25-22-13-6-5-9-19(22)14-15-23(25)28/h2-16,26,28H,17H2,1H3,(H,27,29)/t26-/m0/s1. The molecule has 0 aliphatic rings. The number of carbonyl (C=O) groups excluding carboxylic acids is 1. The molecule has 4 heteroatoms. The van der Waals surface area contributed by atoms with Crippen molar-refractivity contribution < 1.29 is 14.6 Å². The van der Waals surface area contributed by atoms with Crippen LogP contribution in [0.25, 0.3) is 10.8 Å². The Morgan fingerprint density at radius 1 is 0.933 bits per heavy atom. The topological polar surface area (TPSA) is 58.6 Å². The molecule has 4 aromatic rings. The van der Waals surface area contributed by atoms with E-state index in [4.69, 9.17) is 4.74 Å². The lowest BCUT2D eigenvalue weighted by atomic mass is 9.92. The van der Waals surface area contributed by atoms with Crippen LogP contribution in [0.3, 0.4) is 0 Å². The highest BCUT2D eigenvalue weighted by atomic mass is 16.5. The molecule has 0 radical (unpaired) electrons. The van der Waals surface area contributed by atoms with Crippen molar-refractivity contribution >= 4 is 16.7 Å². The first-order chi connectivity index (χ1) is 14.6. The number of phenolic OH excluding ortho intramolecular Hbond substituents is 1. The Labute approximate surface area is 175 Å². The molecule has 30 heavy (non-hydrogen) atoms. The van der Waals surface area contributed by atoms with Crippen LogP contribution in [0.2, 0.25) is 0 Å². The molecule has 4 aromatic carbocycles. The molecule has 0 saturated carbocycles.